The SMILES string of the molecule is CCOC(=O)c1cccc(NC(=O)CSc2n[nH]c([C@@H](NC(=O)c3ccc(Cl)cc3Cl)C(C)C)n2)c1. The molecule has 1 atom stereocenters. The minimum Gasteiger partial charge on any atom is -0.462 e. The number of nitrogens with zero attached hydrogens (tertiary/aromatic N) is 2. The third-order valence-electron chi connectivity index (χ3n) is 4.90. The largest absolute Gasteiger partial charge is 0.462 e. The summed E-state index contributed by atoms with van der Waals surface area (Å²) in [4.78, 5) is 41.5. The van der Waals surface area contributed by atoms with Crippen LogP contribution in [-0.4, -0.2) is 45.3 Å². The maximum absolute atomic E-state index is 12.8. The number of aromatic amines is 1. The molecule has 0 bridgehead atoms. The third-order valence-corrected chi connectivity index (χ3v) is 6.29. The van der Waals surface area contributed by atoms with Crippen LogP contribution in [-0.2, 0) is 9.53 Å². The first-order chi connectivity index (χ1) is 17.2. The molecule has 0 saturated heterocycles. The Morgan fingerprint density at radius 2 is 1.92 bits per heavy atom. The lowest BCUT2D eigenvalue weighted by atomic mass is 10.0. The Kier molecular flexibility index (Phi) is 9.74. The van der Waals surface area contributed by atoms with E-state index < -0.39 is 12.0 Å². The molecule has 3 aromatic rings. The summed E-state index contributed by atoms with van der Waals surface area (Å²) in [6.45, 7) is 5.85. The monoisotopic (exact) mass is 549 g/mol. The van der Waals surface area contributed by atoms with Crippen LogP contribution in [0.4, 0.5) is 5.69 Å². The lowest BCUT2D eigenvalue weighted by Crippen LogP contribution is -2.32. The topological polar surface area (TPSA) is 126 Å². The average molecular weight is 550 g/mol. The van der Waals surface area contributed by atoms with Gasteiger partial charge in [0, 0.05) is 10.7 Å². The van der Waals surface area contributed by atoms with E-state index >= 15 is 0 Å². The molecule has 0 unspecified atom stereocenters. The van der Waals surface area contributed by atoms with Crippen molar-refractivity contribution >= 4 is 58.4 Å². The number of H-pyrrole nitrogens is 1. The first kappa shape index (κ1) is 27.5. The molecule has 2 amide bonds. The van der Waals surface area contributed by atoms with Gasteiger partial charge in [-0.15, -0.1) is 5.10 Å². The van der Waals surface area contributed by atoms with Crippen molar-refractivity contribution in [2.45, 2.75) is 32.0 Å². The second-order valence-electron chi connectivity index (χ2n) is 7.96. The van der Waals surface area contributed by atoms with Gasteiger partial charge in [-0.2, -0.15) is 0 Å². The van der Waals surface area contributed by atoms with Crippen molar-refractivity contribution in [3.63, 3.8) is 0 Å². The Morgan fingerprint density at radius 1 is 1.14 bits per heavy atom. The number of carbonyl (C=O) groups excluding carboxylic acids is 3. The Labute approximate surface area is 222 Å². The summed E-state index contributed by atoms with van der Waals surface area (Å²) in [7, 11) is 0. The second kappa shape index (κ2) is 12.8. The van der Waals surface area contributed by atoms with Gasteiger partial charge in [0.15, 0.2) is 0 Å². The Hall–Kier alpha value is -3.08. The van der Waals surface area contributed by atoms with Crippen LogP contribution in [0.2, 0.25) is 10.0 Å². The number of rotatable bonds is 10. The van der Waals surface area contributed by atoms with E-state index in [4.69, 9.17) is 27.9 Å². The van der Waals surface area contributed by atoms with Gasteiger partial charge in [0.05, 0.1) is 34.6 Å². The molecule has 0 aliphatic heterocycles. The predicted octanol–water partition coefficient (Wildman–Crippen LogP) is 5.15. The van der Waals surface area contributed by atoms with Gasteiger partial charge in [0.1, 0.15) is 5.82 Å². The fraction of sp³-hybridized carbons (Fsp3) is 0.292. The van der Waals surface area contributed by atoms with Crippen LogP contribution < -0.4 is 10.6 Å². The van der Waals surface area contributed by atoms with Crippen molar-refractivity contribution < 1.29 is 19.1 Å². The lowest BCUT2D eigenvalue weighted by molar-refractivity contribution is -0.113. The zero-order valence-corrected chi connectivity index (χ0v) is 22.1. The highest BCUT2D eigenvalue weighted by atomic mass is 35.5. The van der Waals surface area contributed by atoms with Crippen molar-refractivity contribution in [3.8, 4) is 0 Å². The fourth-order valence-corrected chi connectivity index (χ4v) is 4.27. The van der Waals surface area contributed by atoms with E-state index in [1.807, 2.05) is 13.8 Å². The van der Waals surface area contributed by atoms with Crippen LogP contribution in [0.3, 0.4) is 0 Å². The van der Waals surface area contributed by atoms with E-state index in [2.05, 4.69) is 25.8 Å². The van der Waals surface area contributed by atoms with Crippen LogP contribution in [0.15, 0.2) is 47.6 Å². The minimum absolute atomic E-state index is 0.0131. The first-order valence-corrected chi connectivity index (χ1v) is 12.8. The van der Waals surface area contributed by atoms with Gasteiger partial charge < -0.3 is 15.4 Å². The molecule has 1 aromatic heterocycles. The van der Waals surface area contributed by atoms with Crippen molar-refractivity contribution in [2.75, 3.05) is 17.7 Å². The van der Waals surface area contributed by atoms with E-state index in [0.29, 0.717) is 32.8 Å². The lowest BCUT2D eigenvalue weighted by Gasteiger charge is -2.20. The molecular weight excluding hydrogens is 525 g/mol. The molecule has 9 nitrogen and oxygen atoms in total. The number of benzene rings is 2. The van der Waals surface area contributed by atoms with Gasteiger partial charge in [-0.3, -0.25) is 14.7 Å². The summed E-state index contributed by atoms with van der Waals surface area (Å²) in [5.41, 5.74) is 1.12. The van der Waals surface area contributed by atoms with Gasteiger partial charge in [-0.1, -0.05) is 54.9 Å². The molecule has 2 aromatic carbocycles. The zero-order valence-electron chi connectivity index (χ0n) is 19.8. The van der Waals surface area contributed by atoms with Gasteiger partial charge in [0.25, 0.3) is 5.91 Å². The van der Waals surface area contributed by atoms with Crippen molar-refractivity contribution in [1.82, 2.24) is 20.5 Å². The quantitative estimate of drug-likeness (QED) is 0.236. The number of amides is 2. The summed E-state index contributed by atoms with van der Waals surface area (Å²) in [6.07, 6.45) is 0. The summed E-state index contributed by atoms with van der Waals surface area (Å²) in [5.74, 6) is -0.639. The number of hydrogen-bond acceptors (Lipinski definition) is 7. The molecule has 0 radical (unpaired) electrons. The van der Waals surface area contributed by atoms with E-state index in [1.54, 1.807) is 43.3 Å². The highest BCUT2D eigenvalue weighted by Crippen LogP contribution is 2.25. The molecule has 0 aliphatic rings. The standard InChI is InChI=1S/C24H25Cl2N5O4S/c1-4-35-23(34)14-6-5-7-16(10-14)27-19(32)12-36-24-29-21(30-31-24)20(13(2)3)28-22(33)17-9-8-15(25)11-18(17)26/h5-11,13,20H,4,12H2,1-3H3,(H,27,32)(H,28,33)(H,29,30,31)/t20-/m0/s1. The highest BCUT2D eigenvalue weighted by Gasteiger charge is 2.24. The number of thioether (sulfide) groups is 1. The third kappa shape index (κ3) is 7.46. The summed E-state index contributed by atoms with van der Waals surface area (Å²) < 4.78 is 4.98. The smallest absolute Gasteiger partial charge is 0.338 e. The van der Waals surface area contributed by atoms with Crippen LogP contribution in [0, 0.1) is 5.92 Å². The molecule has 3 N–H and O–H groups in total. The van der Waals surface area contributed by atoms with Crippen LogP contribution in [0.5, 0.6) is 0 Å². The second-order valence-corrected chi connectivity index (χ2v) is 9.75. The number of esters is 1. The molecule has 0 saturated carbocycles. The number of carbonyl (C=O) groups is 3. The molecule has 190 valence electrons. The maximum atomic E-state index is 12.8. The normalized spacial score (nSPS) is 11.7. The van der Waals surface area contributed by atoms with Crippen molar-refractivity contribution in [1.29, 1.82) is 0 Å². The molecule has 12 heteroatoms. The Bertz CT molecular complexity index is 1250. The van der Waals surface area contributed by atoms with E-state index in [-0.39, 0.29) is 35.1 Å². The Morgan fingerprint density at radius 3 is 2.61 bits per heavy atom. The van der Waals surface area contributed by atoms with Crippen molar-refractivity contribution in [2.24, 2.45) is 5.92 Å². The molecule has 1 heterocycles. The predicted molar refractivity (Wildman–Crippen MR) is 140 cm³/mol. The Balaban J connectivity index is 1.60. The number of anilines is 1. The first-order valence-electron chi connectivity index (χ1n) is 11.1. The van der Waals surface area contributed by atoms with Gasteiger partial charge in [-0.25, -0.2) is 9.78 Å². The van der Waals surface area contributed by atoms with Crippen LogP contribution in [0.25, 0.3) is 0 Å². The summed E-state index contributed by atoms with van der Waals surface area (Å²) >= 11 is 13.2. The number of nitrogens with one attached hydrogen (secondary N) is 3. The molecule has 0 spiro atoms. The molecule has 0 fully saturated rings. The van der Waals surface area contributed by atoms with Crippen LogP contribution in [0.1, 0.15) is 53.4 Å². The maximum Gasteiger partial charge on any atom is 0.338 e. The minimum atomic E-state index is -0.467. The number of ether oxygens (including phenoxy) is 1. The van der Waals surface area contributed by atoms with Gasteiger partial charge in [0.2, 0.25) is 11.1 Å². The molecule has 36 heavy (non-hydrogen) atoms. The molecular formula is C24H25Cl2N5O4S. The van der Waals surface area contributed by atoms with Gasteiger partial charge in [-0.05, 0) is 49.2 Å². The molecule has 3 rings (SSSR count). The van der Waals surface area contributed by atoms with E-state index in [9.17, 15) is 14.4 Å². The van der Waals surface area contributed by atoms with Gasteiger partial charge >= 0.3 is 5.97 Å². The number of halogens is 2. The number of aromatic nitrogens is 3. The number of hydrogen-bond donors (Lipinski definition) is 3. The molecule has 0 aliphatic carbocycles. The van der Waals surface area contributed by atoms with E-state index in [1.165, 1.54) is 6.07 Å². The highest BCUT2D eigenvalue weighted by molar-refractivity contribution is 7.99. The fourth-order valence-electron chi connectivity index (χ4n) is 3.17. The van der Waals surface area contributed by atoms with Crippen LogP contribution >= 0.6 is 35.0 Å². The summed E-state index contributed by atoms with van der Waals surface area (Å²) in [6, 6.07) is 10.7. The van der Waals surface area contributed by atoms with Crippen molar-refractivity contribution in [3.05, 3.63) is 69.5 Å². The average Bonchev–Trinajstić information content (AvgIpc) is 3.30. The summed E-state index contributed by atoms with van der Waals surface area (Å²) in [5, 5.41) is 13.7. The zero-order chi connectivity index (χ0) is 26.2. The van der Waals surface area contributed by atoms with E-state index in [0.717, 1.165) is 11.8 Å².